The molecule has 8 nitrogen and oxygen atoms in total. The molecule has 0 aromatic heterocycles. The van der Waals surface area contributed by atoms with Gasteiger partial charge in [0.25, 0.3) is 0 Å². The van der Waals surface area contributed by atoms with E-state index in [1.165, 1.54) is 0 Å². The van der Waals surface area contributed by atoms with Gasteiger partial charge in [0.1, 0.15) is 13.2 Å². The number of fused-ring (bicyclic) bond motifs is 1. The largest absolute Gasteiger partial charge is 0.486 e. The molecular formula is C21H31N3O5. The molecule has 3 rings (SSSR count). The first-order valence-corrected chi connectivity index (χ1v) is 10.3. The molecule has 160 valence electrons. The van der Waals surface area contributed by atoms with Crippen molar-refractivity contribution in [2.45, 2.75) is 26.8 Å². The van der Waals surface area contributed by atoms with Gasteiger partial charge in [0.05, 0.1) is 19.2 Å². The van der Waals surface area contributed by atoms with Crippen molar-refractivity contribution in [3.63, 3.8) is 0 Å². The lowest BCUT2D eigenvalue weighted by Gasteiger charge is -2.34. The third-order valence-corrected chi connectivity index (χ3v) is 5.17. The van der Waals surface area contributed by atoms with Crippen molar-refractivity contribution in [3.05, 3.63) is 23.8 Å². The maximum Gasteiger partial charge on any atom is 0.409 e. The number of carbonyl (C=O) groups excluding carboxylic acids is 2. The van der Waals surface area contributed by atoms with Crippen LogP contribution in [-0.4, -0.2) is 74.3 Å². The van der Waals surface area contributed by atoms with E-state index in [-0.39, 0.29) is 24.0 Å². The third-order valence-electron chi connectivity index (χ3n) is 5.17. The number of nitrogens with one attached hydrogen (secondary N) is 1. The molecule has 0 bridgehead atoms. The number of carbonyl (C=O) groups is 2. The Bertz CT molecular complexity index is 716. The summed E-state index contributed by atoms with van der Waals surface area (Å²) in [5.74, 6) is 1.67. The number of rotatable bonds is 6. The predicted molar refractivity (Wildman–Crippen MR) is 108 cm³/mol. The van der Waals surface area contributed by atoms with Crippen molar-refractivity contribution in [1.82, 2.24) is 15.1 Å². The molecule has 1 saturated heterocycles. The van der Waals surface area contributed by atoms with Crippen LogP contribution in [0.5, 0.6) is 11.5 Å². The summed E-state index contributed by atoms with van der Waals surface area (Å²) in [6.45, 7) is 10.2. The molecule has 0 saturated carbocycles. The highest BCUT2D eigenvalue weighted by atomic mass is 16.6. The van der Waals surface area contributed by atoms with E-state index in [1.807, 2.05) is 18.2 Å². The summed E-state index contributed by atoms with van der Waals surface area (Å²) in [5.41, 5.74) is 1.00. The van der Waals surface area contributed by atoms with Crippen molar-refractivity contribution in [3.8, 4) is 11.5 Å². The van der Waals surface area contributed by atoms with Crippen molar-refractivity contribution in [2.24, 2.45) is 5.92 Å². The second kappa shape index (κ2) is 9.82. The van der Waals surface area contributed by atoms with Gasteiger partial charge >= 0.3 is 6.09 Å². The first kappa shape index (κ1) is 21.2. The Morgan fingerprint density at radius 2 is 1.79 bits per heavy atom. The van der Waals surface area contributed by atoms with E-state index in [9.17, 15) is 9.59 Å². The minimum atomic E-state index is -0.282. The van der Waals surface area contributed by atoms with Crippen LogP contribution < -0.4 is 14.8 Å². The topological polar surface area (TPSA) is 80.3 Å². The lowest BCUT2D eigenvalue weighted by molar-refractivity contribution is -0.123. The van der Waals surface area contributed by atoms with E-state index in [0.717, 1.165) is 17.1 Å². The molecule has 2 heterocycles. The van der Waals surface area contributed by atoms with Crippen molar-refractivity contribution in [1.29, 1.82) is 0 Å². The lowest BCUT2D eigenvalue weighted by Crippen LogP contribution is -2.51. The summed E-state index contributed by atoms with van der Waals surface area (Å²) < 4.78 is 16.3. The second-order valence-electron chi connectivity index (χ2n) is 7.65. The molecule has 2 aliphatic heterocycles. The minimum Gasteiger partial charge on any atom is -0.486 e. The maximum atomic E-state index is 12.7. The molecule has 0 aliphatic carbocycles. The zero-order valence-corrected chi connectivity index (χ0v) is 17.5. The Morgan fingerprint density at radius 3 is 2.45 bits per heavy atom. The van der Waals surface area contributed by atoms with E-state index in [1.54, 1.807) is 11.8 Å². The summed E-state index contributed by atoms with van der Waals surface area (Å²) in [6.07, 6.45) is -0.282. The van der Waals surface area contributed by atoms with Crippen LogP contribution in [0.4, 0.5) is 4.79 Å². The number of piperazine rings is 1. The highest BCUT2D eigenvalue weighted by Gasteiger charge is 2.25. The molecule has 1 fully saturated rings. The Balaban J connectivity index is 1.55. The SMILES string of the molecule is CCOC(=O)N1CCN(CC(=O)N[C@H](c2ccc3c(c2)OCCO3)C(C)C)CC1. The summed E-state index contributed by atoms with van der Waals surface area (Å²) >= 11 is 0. The summed E-state index contributed by atoms with van der Waals surface area (Å²) in [5, 5.41) is 3.16. The molecular weight excluding hydrogens is 374 g/mol. The van der Waals surface area contributed by atoms with Gasteiger partial charge in [-0.05, 0) is 30.5 Å². The second-order valence-corrected chi connectivity index (χ2v) is 7.65. The maximum absolute atomic E-state index is 12.7. The van der Waals surface area contributed by atoms with E-state index in [4.69, 9.17) is 14.2 Å². The Labute approximate surface area is 172 Å². The van der Waals surface area contributed by atoms with Gasteiger partial charge in [-0.2, -0.15) is 0 Å². The van der Waals surface area contributed by atoms with Crippen LogP contribution in [0.3, 0.4) is 0 Å². The minimum absolute atomic E-state index is 0.0248. The molecule has 2 amide bonds. The quantitative estimate of drug-likeness (QED) is 0.780. The zero-order valence-electron chi connectivity index (χ0n) is 17.5. The van der Waals surface area contributed by atoms with Crippen LogP contribution in [0.25, 0.3) is 0 Å². The Hall–Kier alpha value is -2.48. The average Bonchev–Trinajstić information content (AvgIpc) is 2.72. The number of nitrogens with zero attached hydrogens (tertiary/aromatic N) is 2. The number of ether oxygens (including phenoxy) is 3. The fourth-order valence-electron chi connectivity index (χ4n) is 3.61. The molecule has 2 aliphatic rings. The average molecular weight is 405 g/mol. The van der Waals surface area contributed by atoms with Gasteiger partial charge in [0.2, 0.25) is 5.91 Å². The molecule has 1 aromatic carbocycles. The Morgan fingerprint density at radius 1 is 1.10 bits per heavy atom. The summed E-state index contributed by atoms with van der Waals surface area (Å²) in [4.78, 5) is 28.2. The van der Waals surface area contributed by atoms with Crippen LogP contribution in [-0.2, 0) is 9.53 Å². The van der Waals surface area contributed by atoms with Gasteiger partial charge in [-0.3, -0.25) is 9.69 Å². The highest BCUT2D eigenvalue weighted by Crippen LogP contribution is 2.34. The van der Waals surface area contributed by atoms with Gasteiger partial charge in [0.15, 0.2) is 11.5 Å². The van der Waals surface area contributed by atoms with Crippen molar-refractivity contribution in [2.75, 3.05) is 52.5 Å². The standard InChI is InChI=1S/C21H31N3O5/c1-4-27-21(26)24-9-7-23(8-10-24)14-19(25)22-20(15(2)3)16-5-6-17-18(13-16)29-12-11-28-17/h5-6,13,15,20H,4,7-12,14H2,1-3H3,(H,22,25)/t20-/m0/s1. The Kier molecular flexibility index (Phi) is 7.19. The molecule has 0 radical (unpaired) electrons. The third kappa shape index (κ3) is 5.53. The van der Waals surface area contributed by atoms with Crippen LogP contribution in [0.1, 0.15) is 32.4 Å². The number of benzene rings is 1. The molecule has 1 N–H and O–H groups in total. The molecule has 0 unspecified atom stereocenters. The van der Waals surface area contributed by atoms with Crippen molar-refractivity contribution < 1.29 is 23.8 Å². The fraction of sp³-hybridized carbons (Fsp3) is 0.619. The van der Waals surface area contributed by atoms with Crippen LogP contribution in [0.15, 0.2) is 18.2 Å². The normalized spacial score (nSPS) is 17.7. The van der Waals surface area contributed by atoms with Gasteiger partial charge in [-0.25, -0.2) is 4.79 Å². The van der Waals surface area contributed by atoms with Crippen LogP contribution in [0, 0.1) is 5.92 Å². The highest BCUT2D eigenvalue weighted by molar-refractivity contribution is 5.78. The van der Waals surface area contributed by atoms with Gasteiger partial charge in [-0.1, -0.05) is 19.9 Å². The van der Waals surface area contributed by atoms with Crippen LogP contribution in [0.2, 0.25) is 0 Å². The van der Waals surface area contributed by atoms with Gasteiger partial charge in [-0.15, -0.1) is 0 Å². The van der Waals surface area contributed by atoms with E-state index >= 15 is 0 Å². The molecule has 1 atom stereocenters. The van der Waals surface area contributed by atoms with Gasteiger partial charge in [0, 0.05) is 26.2 Å². The van der Waals surface area contributed by atoms with Crippen LogP contribution >= 0.6 is 0 Å². The molecule has 29 heavy (non-hydrogen) atoms. The summed E-state index contributed by atoms with van der Waals surface area (Å²) in [7, 11) is 0. The molecule has 8 heteroatoms. The first-order chi connectivity index (χ1) is 14.0. The smallest absolute Gasteiger partial charge is 0.409 e. The zero-order chi connectivity index (χ0) is 20.8. The van der Waals surface area contributed by atoms with E-state index in [2.05, 4.69) is 24.1 Å². The van der Waals surface area contributed by atoms with E-state index < -0.39 is 0 Å². The number of hydrogen-bond acceptors (Lipinski definition) is 6. The molecule has 1 aromatic rings. The first-order valence-electron chi connectivity index (χ1n) is 10.3. The van der Waals surface area contributed by atoms with E-state index in [0.29, 0.717) is 52.5 Å². The number of amides is 2. The van der Waals surface area contributed by atoms with Crippen molar-refractivity contribution >= 4 is 12.0 Å². The van der Waals surface area contributed by atoms with Gasteiger partial charge < -0.3 is 24.4 Å². The fourth-order valence-corrected chi connectivity index (χ4v) is 3.61. The number of hydrogen-bond donors (Lipinski definition) is 1. The summed E-state index contributed by atoms with van der Waals surface area (Å²) in [6, 6.07) is 5.73. The monoisotopic (exact) mass is 405 g/mol. The lowest BCUT2D eigenvalue weighted by atomic mass is 9.95. The predicted octanol–water partition coefficient (Wildman–Crippen LogP) is 2.05. The molecule has 0 spiro atoms.